The van der Waals surface area contributed by atoms with E-state index < -0.39 is 0 Å². The maximum atomic E-state index is 5.65. The minimum absolute atomic E-state index is 0.651. The summed E-state index contributed by atoms with van der Waals surface area (Å²) in [5, 5.41) is 0.651. The minimum Gasteiger partial charge on any atom is -0.440 e. The summed E-state index contributed by atoms with van der Waals surface area (Å²) < 4.78 is 5.14. The van der Waals surface area contributed by atoms with Crippen molar-refractivity contribution in [1.29, 1.82) is 0 Å². The van der Waals surface area contributed by atoms with Gasteiger partial charge in [-0.3, -0.25) is 0 Å². The van der Waals surface area contributed by atoms with Crippen LogP contribution in [0.4, 0.5) is 5.69 Å². The molecule has 2 N–H and O–H groups in total. The molecule has 3 nitrogen and oxygen atoms in total. The second-order valence-corrected chi connectivity index (χ2v) is 3.92. The molecule has 72 valence electrons. The first-order valence-corrected chi connectivity index (χ1v) is 5.01. The zero-order valence-electron chi connectivity index (χ0n) is 7.73. The van der Waals surface area contributed by atoms with E-state index in [1.807, 2.05) is 25.1 Å². The molecule has 0 amide bonds. The lowest BCUT2D eigenvalue weighted by atomic mass is 10.2. The van der Waals surface area contributed by atoms with Gasteiger partial charge in [0.15, 0.2) is 0 Å². The van der Waals surface area contributed by atoms with Gasteiger partial charge in [-0.05, 0) is 42.4 Å². The van der Waals surface area contributed by atoms with Crippen molar-refractivity contribution in [3.63, 3.8) is 0 Å². The number of nitrogen functional groups attached to an aromatic ring is 1. The van der Waals surface area contributed by atoms with Crippen molar-refractivity contribution in [3.8, 4) is 0 Å². The molecule has 0 fully saturated rings. The maximum Gasteiger partial charge on any atom is 0.260 e. The van der Waals surface area contributed by atoms with Crippen LogP contribution in [0.3, 0.4) is 0 Å². The molecule has 0 bridgehead atoms. The van der Waals surface area contributed by atoms with E-state index in [0.29, 0.717) is 5.22 Å². The topological polar surface area (TPSA) is 52.0 Å². The number of hydrogen-bond donors (Lipinski definition) is 1. The number of nitrogens with zero attached hydrogens (tertiary/aromatic N) is 1. The normalized spacial score (nSPS) is 10.4. The smallest absolute Gasteiger partial charge is 0.260 e. The van der Waals surface area contributed by atoms with Gasteiger partial charge in [0, 0.05) is 10.6 Å². The van der Waals surface area contributed by atoms with Crippen molar-refractivity contribution in [3.05, 3.63) is 36.2 Å². The highest BCUT2D eigenvalue weighted by molar-refractivity contribution is 7.99. The number of benzene rings is 1. The highest BCUT2D eigenvalue weighted by Gasteiger charge is 2.04. The fourth-order valence-corrected chi connectivity index (χ4v) is 1.90. The molecule has 0 aliphatic heterocycles. The zero-order chi connectivity index (χ0) is 9.97. The molecule has 0 atom stereocenters. The number of oxazole rings is 1. The second kappa shape index (κ2) is 3.75. The first-order valence-electron chi connectivity index (χ1n) is 4.19. The summed E-state index contributed by atoms with van der Waals surface area (Å²) in [5.74, 6) is 0. The molecule has 4 heteroatoms. The third kappa shape index (κ3) is 1.90. The lowest BCUT2D eigenvalue weighted by Gasteiger charge is -2.02. The SMILES string of the molecule is Cc1cc(N)ccc1Sc1ncco1. The Labute approximate surface area is 86.3 Å². The van der Waals surface area contributed by atoms with E-state index in [-0.39, 0.29) is 0 Å². The second-order valence-electron chi connectivity index (χ2n) is 2.93. The van der Waals surface area contributed by atoms with E-state index in [1.165, 1.54) is 11.8 Å². The summed E-state index contributed by atoms with van der Waals surface area (Å²) in [6, 6.07) is 5.78. The molecule has 1 heterocycles. The molecule has 2 rings (SSSR count). The van der Waals surface area contributed by atoms with Crippen molar-refractivity contribution in [2.75, 3.05) is 5.73 Å². The van der Waals surface area contributed by atoms with Crippen LogP contribution < -0.4 is 5.73 Å². The van der Waals surface area contributed by atoms with Gasteiger partial charge in [-0.25, -0.2) is 4.98 Å². The van der Waals surface area contributed by atoms with Crippen LogP contribution in [-0.4, -0.2) is 4.98 Å². The van der Waals surface area contributed by atoms with Gasteiger partial charge < -0.3 is 10.2 Å². The Bertz CT molecular complexity index is 426. The van der Waals surface area contributed by atoms with Gasteiger partial charge in [0.25, 0.3) is 5.22 Å². The Morgan fingerprint density at radius 3 is 2.93 bits per heavy atom. The van der Waals surface area contributed by atoms with E-state index >= 15 is 0 Å². The van der Waals surface area contributed by atoms with Crippen LogP contribution in [0, 0.1) is 6.92 Å². The number of anilines is 1. The van der Waals surface area contributed by atoms with Crippen LogP contribution in [0.2, 0.25) is 0 Å². The van der Waals surface area contributed by atoms with Gasteiger partial charge in [0.05, 0.1) is 6.20 Å². The van der Waals surface area contributed by atoms with Crippen LogP contribution in [-0.2, 0) is 0 Å². The fourth-order valence-electron chi connectivity index (χ4n) is 1.14. The number of rotatable bonds is 2. The van der Waals surface area contributed by atoms with Crippen molar-refractivity contribution >= 4 is 17.4 Å². The largest absolute Gasteiger partial charge is 0.440 e. The lowest BCUT2D eigenvalue weighted by Crippen LogP contribution is -1.86. The summed E-state index contributed by atoms with van der Waals surface area (Å²) in [6.07, 6.45) is 3.20. The molecule has 0 aliphatic rings. The van der Waals surface area contributed by atoms with E-state index in [9.17, 15) is 0 Å². The lowest BCUT2D eigenvalue weighted by molar-refractivity contribution is 0.454. The predicted molar refractivity (Wildman–Crippen MR) is 56.2 cm³/mol. The van der Waals surface area contributed by atoms with E-state index in [1.54, 1.807) is 12.5 Å². The number of hydrogen-bond acceptors (Lipinski definition) is 4. The molecule has 0 unspecified atom stereocenters. The monoisotopic (exact) mass is 206 g/mol. The summed E-state index contributed by atoms with van der Waals surface area (Å²) in [4.78, 5) is 5.15. The fraction of sp³-hybridized carbons (Fsp3) is 0.100. The third-order valence-corrected chi connectivity index (χ3v) is 2.86. The van der Waals surface area contributed by atoms with E-state index in [2.05, 4.69) is 4.98 Å². The third-order valence-electron chi connectivity index (χ3n) is 1.81. The Morgan fingerprint density at radius 1 is 1.43 bits per heavy atom. The van der Waals surface area contributed by atoms with Crippen LogP contribution in [0.1, 0.15) is 5.56 Å². The molecule has 0 radical (unpaired) electrons. The van der Waals surface area contributed by atoms with Gasteiger partial charge >= 0.3 is 0 Å². The number of aromatic nitrogens is 1. The maximum absolute atomic E-state index is 5.65. The molecule has 14 heavy (non-hydrogen) atoms. The van der Waals surface area contributed by atoms with Gasteiger partial charge in [-0.1, -0.05) is 0 Å². The molecule has 1 aromatic heterocycles. The quantitative estimate of drug-likeness (QED) is 0.767. The highest BCUT2D eigenvalue weighted by Crippen LogP contribution is 2.29. The van der Waals surface area contributed by atoms with Crippen LogP contribution in [0.5, 0.6) is 0 Å². The van der Waals surface area contributed by atoms with Gasteiger partial charge in [-0.2, -0.15) is 0 Å². The van der Waals surface area contributed by atoms with Crippen LogP contribution >= 0.6 is 11.8 Å². The Kier molecular flexibility index (Phi) is 2.45. The molecule has 0 saturated heterocycles. The molecule has 0 spiro atoms. The molecular weight excluding hydrogens is 196 g/mol. The Morgan fingerprint density at radius 2 is 2.29 bits per heavy atom. The van der Waals surface area contributed by atoms with Crippen LogP contribution in [0.25, 0.3) is 0 Å². The summed E-state index contributed by atoms with van der Waals surface area (Å²) in [7, 11) is 0. The van der Waals surface area contributed by atoms with Crippen molar-refractivity contribution in [2.24, 2.45) is 0 Å². The Balaban J connectivity index is 2.25. The first-order chi connectivity index (χ1) is 6.75. The molecule has 0 saturated carbocycles. The first kappa shape index (κ1) is 9.15. The average Bonchev–Trinajstić information content (AvgIpc) is 2.62. The van der Waals surface area contributed by atoms with Crippen molar-refractivity contribution in [2.45, 2.75) is 17.0 Å². The Hall–Kier alpha value is -1.42. The molecule has 1 aromatic carbocycles. The van der Waals surface area contributed by atoms with E-state index in [0.717, 1.165) is 16.1 Å². The number of aryl methyl sites for hydroxylation is 1. The molecule has 0 aliphatic carbocycles. The van der Waals surface area contributed by atoms with Gasteiger partial charge in [-0.15, -0.1) is 0 Å². The predicted octanol–water partition coefficient (Wildman–Crippen LogP) is 2.72. The standard InChI is InChI=1S/C10H10N2OS/c1-7-6-8(11)2-3-9(7)14-10-12-4-5-13-10/h2-6H,11H2,1H3. The van der Waals surface area contributed by atoms with Gasteiger partial charge in [0.2, 0.25) is 0 Å². The highest BCUT2D eigenvalue weighted by atomic mass is 32.2. The summed E-state index contributed by atoms with van der Waals surface area (Å²) >= 11 is 1.50. The zero-order valence-corrected chi connectivity index (χ0v) is 8.54. The summed E-state index contributed by atoms with van der Waals surface area (Å²) in [5.41, 5.74) is 7.56. The van der Waals surface area contributed by atoms with Crippen LogP contribution in [0.15, 0.2) is 45.2 Å². The van der Waals surface area contributed by atoms with Crippen molar-refractivity contribution < 1.29 is 4.42 Å². The van der Waals surface area contributed by atoms with E-state index in [4.69, 9.17) is 10.2 Å². The minimum atomic E-state index is 0.651. The summed E-state index contributed by atoms with van der Waals surface area (Å²) in [6.45, 7) is 2.02. The average molecular weight is 206 g/mol. The number of nitrogens with two attached hydrogens (primary N) is 1. The van der Waals surface area contributed by atoms with Crippen molar-refractivity contribution in [1.82, 2.24) is 4.98 Å². The van der Waals surface area contributed by atoms with Gasteiger partial charge in [0.1, 0.15) is 6.26 Å². The molecule has 2 aromatic rings. The molecular formula is C10H10N2OS.